The quantitative estimate of drug-likeness (QED) is 0.145. The molecule has 43 heavy (non-hydrogen) atoms. The van der Waals surface area contributed by atoms with Crippen molar-refractivity contribution in [2.24, 2.45) is 5.92 Å². The molecule has 1 spiro atoms. The fourth-order valence-corrected chi connectivity index (χ4v) is 9.28. The summed E-state index contributed by atoms with van der Waals surface area (Å²) in [6.07, 6.45) is -1.14. The van der Waals surface area contributed by atoms with E-state index in [1.165, 1.54) is 17.0 Å². The number of fused-ring (bicyclic) bond motifs is 2. The molecule has 11 heteroatoms. The van der Waals surface area contributed by atoms with Gasteiger partial charge in [0.2, 0.25) is 14.3 Å². The van der Waals surface area contributed by atoms with Crippen molar-refractivity contribution in [3.63, 3.8) is 0 Å². The second kappa shape index (κ2) is 12.0. The molecule has 2 aliphatic heterocycles. The number of hydrogen-bond donors (Lipinski definition) is 1. The van der Waals surface area contributed by atoms with Crippen molar-refractivity contribution in [2.75, 3.05) is 18.1 Å². The molecule has 0 bridgehead atoms. The van der Waals surface area contributed by atoms with Crippen LogP contribution < -0.4 is 4.90 Å². The summed E-state index contributed by atoms with van der Waals surface area (Å²) in [6, 6.07) is 23.0. The molecule has 1 saturated heterocycles. The minimum atomic E-state index is -3.57. The van der Waals surface area contributed by atoms with E-state index in [9.17, 15) is 24.8 Å². The summed E-state index contributed by atoms with van der Waals surface area (Å²) in [5.41, 5.74) is -0.117. The molecule has 1 fully saturated rings. The Kier molecular flexibility index (Phi) is 8.51. The highest BCUT2D eigenvalue weighted by molar-refractivity contribution is 6.72. The minimum absolute atomic E-state index is 0.0844. The molecular weight excluding hydrogens is 569 g/mol. The smallest absolute Gasteiger partial charge is 0.269 e. The number of aliphatic hydroxyl groups excluding tert-OH is 1. The summed E-state index contributed by atoms with van der Waals surface area (Å²) in [6.45, 7) is 5.13. The van der Waals surface area contributed by atoms with Crippen LogP contribution in [0.25, 0.3) is 0 Å². The topological polar surface area (TPSA) is 113 Å². The fourth-order valence-electron chi connectivity index (χ4n) is 6.79. The fraction of sp³-hybridized carbons (Fsp3) is 0.375. The van der Waals surface area contributed by atoms with E-state index in [1.54, 1.807) is 31.0 Å². The van der Waals surface area contributed by atoms with Crippen LogP contribution in [-0.2, 0) is 33.0 Å². The summed E-state index contributed by atoms with van der Waals surface area (Å²) >= 11 is 0. The van der Waals surface area contributed by atoms with Crippen LogP contribution in [0, 0.1) is 16.0 Å². The molecule has 0 saturated carbocycles. The maximum atomic E-state index is 16.2. The third-order valence-corrected chi connectivity index (χ3v) is 11.1. The van der Waals surface area contributed by atoms with Gasteiger partial charge in [-0.3, -0.25) is 19.7 Å². The molecule has 226 valence electrons. The average Bonchev–Trinajstić information content (AvgIpc) is 3.40. The number of carbonyl (C=O) groups excluding carboxylic acids is 2. The predicted molar refractivity (Wildman–Crippen MR) is 162 cm³/mol. The van der Waals surface area contributed by atoms with Crippen LogP contribution >= 0.6 is 0 Å². The lowest BCUT2D eigenvalue weighted by Gasteiger charge is -2.31. The highest BCUT2D eigenvalue weighted by Crippen LogP contribution is 2.60. The van der Waals surface area contributed by atoms with Crippen LogP contribution in [0.4, 0.5) is 15.5 Å². The zero-order valence-corrected chi connectivity index (χ0v) is 25.5. The van der Waals surface area contributed by atoms with Gasteiger partial charge in [0, 0.05) is 42.2 Å². The molecule has 2 amide bonds. The number of nitro groups is 1. The number of non-ortho nitro benzene ring substituents is 1. The third kappa shape index (κ3) is 5.72. The predicted octanol–water partition coefficient (Wildman–Crippen LogP) is 5.33. The highest BCUT2D eigenvalue weighted by atomic mass is 28.4. The third-order valence-electron chi connectivity index (χ3n) is 8.65. The Morgan fingerprint density at radius 1 is 1.09 bits per heavy atom. The molecule has 4 atom stereocenters. The second-order valence-corrected chi connectivity index (χ2v) is 15.6. The maximum Gasteiger partial charge on any atom is 0.269 e. The molecule has 3 aromatic carbocycles. The SMILES string of the molecule is C[C@H]1[C@H]([Si](C)(C)F)[C@@H](CC(=O)N(CCO)Cc2ccccc2)O[C@]12C(=O)N(Cc1ccccc1)c1ccc([N+](=O)[O-])cc12. The molecular formula is C32H36FN3O6Si. The van der Waals surface area contributed by atoms with Crippen LogP contribution in [-0.4, -0.2) is 54.4 Å². The molecule has 9 nitrogen and oxygen atoms in total. The Hall–Kier alpha value is -3.93. The Balaban J connectivity index is 1.54. The molecule has 5 rings (SSSR count). The number of halogens is 1. The molecule has 0 aromatic heterocycles. The van der Waals surface area contributed by atoms with E-state index in [-0.39, 0.29) is 44.3 Å². The number of hydrogen-bond acceptors (Lipinski definition) is 6. The lowest BCUT2D eigenvalue weighted by molar-refractivity contribution is -0.385. The first-order valence-corrected chi connectivity index (χ1v) is 17.4. The van der Waals surface area contributed by atoms with E-state index in [1.807, 2.05) is 60.7 Å². The van der Waals surface area contributed by atoms with Gasteiger partial charge in [-0.15, -0.1) is 0 Å². The number of amides is 2. The van der Waals surface area contributed by atoms with E-state index in [4.69, 9.17) is 4.74 Å². The van der Waals surface area contributed by atoms with Crippen LogP contribution in [0.15, 0.2) is 78.9 Å². The molecule has 2 heterocycles. The standard InChI is InChI=1S/C32H36FN3O6Si/c1-22-30(43(2,3)33)28(19-29(38)34(16-17-37)20-23-10-6-4-7-11-23)42-32(22)26-18-25(36(40)41)14-15-27(26)35(31(32)39)21-24-12-8-5-9-13-24/h4-15,18,22,28,30,37H,16-17,19-21H2,1-3H3/t22-,28+,30-,32+/m0/s1. The van der Waals surface area contributed by atoms with E-state index in [0.717, 1.165) is 11.1 Å². The van der Waals surface area contributed by atoms with Crippen molar-refractivity contribution in [3.05, 3.63) is 106 Å². The number of rotatable bonds is 10. The van der Waals surface area contributed by atoms with E-state index >= 15 is 4.11 Å². The zero-order valence-electron chi connectivity index (χ0n) is 24.5. The van der Waals surface area contributed by atoms with Gasteiger partial charge in [0.1, 0.15) is 0 Å². The van der Waals surface area contributed by atoms with Gasteiger partial charge in [-0.2, -0.15) is 0 Å². The van der Waals surface area contributed by atoms with Gasteiger partial charge in [0.15, 0.2) is 5.60 Å². The first-order chi connectivity index (χ1) is 20.5. The van der Waals surface area contributed by atoms with E-state index in [0.29, 0.717) is 11.3 Å². The number of aliphatic hydroxyl groups is 1. The Labute approximate surface area is 251 Å². The number of anilines is 1. The molecule has 0 unspecified atom stereocenters. The zero-order chi connectivity index (χ0) is 30.9. The summed E-state index contributed by atoms with van der Waals surface area (Å²) < 4.78 is 22.8. The summed E-state index contributed by atoms with van der Waals surface area (Å²) in [4.78, 5) is 42.5. The molecule has 2 aliphatic rings. The normalized spacial score (nSPS) is 23.0. The average molecular weight is 606 g/mol. The summed E-state index contributed by atoms with van der Waals surface area (Å²) in [5, 5.41) is 21.5. The van der Waals surface area contributed by atoms with Gasteiger partial charge in [0.25, 0.3) is 11.6 Å². The van der Waals surface area contributed by atoms with Gasteiger partial charge in [0.05, 0.1) is 36.3 Å². The Morgan fingerprint density at radius 3 is 2.30 bits per heavy atom. The molecule has 3 aromatic rings. The van der Waals surface area contributed by atoms with Crippen molar-refractivity contribution in [1.29, 1.82) is 0 Å². The van der Waals surface area contributed by atoms with Gasteiger partial charge in [-0.1, -0.05) is 67.6 Å². The number of nitrogens with zero attached hydrogens (tertiary/aromatic N) is 3. The van der Waals surface area contributed by atoms with E-state index < -0.39 is 42.4 Å². The van der Waals surface area contributed by atoms with Crippen molar-refractivity contribution in [2.45, 2.75) is 56.8 Å². The summed E-state index contributed by atoms with van der Waals surface area (Å²) in [7, 11) is -3.57. The van der Waals surface area contributed by atoms with Crippen LogP contribution in [0.2, 0.25) is 18.6 Å². The van der Waals surface area contributed by atoms with Gasteiger partial charge in [-0.25, -0.2) is 0 Å². The second-order valence-electron chi connectivity index (χ2n) is 11.8. The lowest BCUT2D eigenvalue weighted by atomic mass is 9.82. The molecule has 1 N–H and O–H groups in total. The Bertz CT molecular complexity index is 1500. The first kappa shape index (κ1) is 30.5. The number of benzene rings is 3. The van der Waals surface area contributed by atoms with Crippen LogP contribution in [0.1, 0.15) is 30.0 Å². The van der Waals surface area contributed by atoms with Crippen LogP contribution in [0.3, 0.4) is 0 Å². The van der Waals surface area contributed by atoms with Crippen LogP contribution in [0.5, 0.6) is 0 Å². The maximum absolute atomic E-state index is 16.2. The van der Waals surface area contributed by atoms with Crippen molar-refractivity contribution >= 4 is 31.6 Å². The highest BCUT2D eigenvalue weighted by Gasteiger charge is 2.67. The molecule has 0 radical (unpaired) electrons. The number of carbonyl (C=O) groups is 2. The Morgan fingerprint density at radius 2 is 1.72 bits per heavy atom. The van der Waals surface area contributed by atoms with Crippen molar-refractivity contribution in [3.8, 4) is 0 Å². The van der Waals surface area contributed by atoms with Gasteiger partial charge in [-0.05, 0) is 30.3 Å². The first-order valence-electron chi connectivity index (χ1n) is 14.4. The summed E-state index contributed by atoms with van der Waals surface area (Å²) in [5.74, 6) is -1.46. The van der Waals surface area contributed by atoms with Gasteiger partial charge < -0.3 is 23.8 Å². The lowest BCUT2D eigenvalue weighted by Crippen LogP contribution is -2.45. The minimum Gasteiger partial charge on any atom is -0.395 e. The van der Waals surface area contributed by atoms with E-state index in [2.05, 4.69) is 0 Å². The number of ether oxygens (including phenoxy) is 1. The largest absolute Gasteiger partial charge is 0.395 e. The van der Waals surface area contributed by atoms with Crippen molar-refractivity contribution in [1.82, 2.24) is 4.90 Å². The van der Waals surface area contributed by atoms with Gasteiger partial charge >= 0.3 is 0 Å². The van der Waals surface area contributed by atoms with Crippen molar-refractivity contribution < 1.29 is 28.5 Å². The molecule has 0 aliphatic carbocycles. The monoisotopic (exact) mass is 605 g/mol. The number of nitro benzene ring substituents is 1.